The first-order valence-electron chi connectivity index (χ1n) is 7.13. The molecule has 1 aromatic carbocycles. The van der Waals surface area contributed by atoms with Crippen molar-refractivity contribution in [2.24, 2.45) is 0 Å². The molecule has 1 aliphatic rings. The Morgan fingerprint density at radius 1 is 1.50 bits per heavy atom. The van der Waals surface area contributed by atoms with Crippen LogP contribution >= 0.6 is 23.4 Å². The molecule has 3 nitrogen and oxygen atoms in total. The summed E-state index contributed by atoms with van der Waals surface area (Å²) >= 11 is 7.63. The maximum absolute atomic E-state index is 12.1. The zero-order chi connectivity index (χ0) is 16.3. The molecule has 1 fully saturated rings. The largest absolute Gasteiger partial charge is 0.463 e. The van der Waals surface area contributed by atoms with Crippen molar-refractivity contribution in [2.75, 3.05) is 17.3 Å². The van der Waals surface area contributed by atoms with Crippen LogP contribution in [0.25, 0.3) is 0 Å². The van der Waals surface area contributed by atoms with Crippen molar-refractivity contribution in [2.45, 2.75) is 26.3 Å². The lowest BCUT2D eigenvalue weighted by Gasteiger charge is -2.34. The number of rotatable bonds is 4. The molecular formula is C17H20ClNO2S. The molecule has 0 bridgehead atoms. The Labute approximate surface area is 141 Å². The topological polar surface area (TPSA) is 29.5 Å². The zero-order valence-electron chi connectivity index (χ0n) is 13.1. The van der Waals surface area contributed by atoms with Crippen molar-refractivity contribution < 1.29 is 9.53 Å². The van der Waals surface area contributed by atoms with Gasteiger partial charge in [-0.05, 0) is 45.0 Å². The zero-order valence-corrected chi connectivity index (χ0v) is 14.6. The van der Waals surface area contributed by atoms with Gasteiger partial charge in [0.1, 0.15) is 0 Å². The predicted molar refractivity (Wildman–Crippen MR) is 94.3 cm³/mol. The third-order valence-electron chi connectivity index (χ3n) is 3.64. The minimum absolute atomic E-state index is 0.262. The van der Waals surface area contributed by atoms with E-state index in [0.717, 1.165) is 16.5 Å². The molecule has 0 saturated carbocycles. The van der Waals surface area contributed by atoms with Crippen molar-refractivity contribution >= 4 is 35.0 Å². The summed E-state index contributed by atoms with van der Waals surface area (Å²) in [5.74, 6) is 0.544. The number of benzene rings is 1. The predicted octanol–water partition coefficient (Wildman–Crippen LogP) is 4.63. The van der Waals surface area contributed by atoms with E-state index in [2.05, 4.69) is 18.4 Å². The van der Waals surface area contributed by atoms with Crippen LogP contribution < -0.4 is 4.90 Å². The van der Waals surface area contributed by atoms with Gasteiger partial charge in [0.05, 0.1) is 22.7 Å². The molecule has 0 N–H and O–H groups in total. The molecule has 1 aromatic rings. The molecule has 0 amide bonds. The molecule has 1 unspecified atom stereocenters. The van der Waals surface area contributed by atoms with Crippen LogP contribution in [0.2, 0.25) is 5.02 Å². The van der Waals surface area contributed by atoms with Gasteiger partial charge in [0.25, 0.3) is 0 Å². The Balaban J connectivity index is 2.50. The summed E-state index contributed by atoms with van der Waals surface area (Å²) in [5.41, 5.74) is 1.34. The highest BCUT2D eigenvalue weighted by Gasteiger charge is 2.40. The van der Waals surface area contributed by atoms with Gasteiger partial charge in [0.15, 0.2) is 0 Å². The first-order valence-corrected chi connectivity index (χ1v) is 8.49. The summed E-state index contributed by atoms with van der Waals surface area (Å²) in [7, 11) is 0. The summed E-state index contributed by atoms with van der Waals surface area (Å²) < 4.78 is 5.14. The molecule has 0 aliphatic carbocycles. The molecule has 0 spiro atoms. The average Bonchev–Trinajstić information content (AvgIpc) is 2.86. The number of thioether (sulfide) groups is 1. The average molecular weight is 338 g/mol. The highest BCUT2D eigenvalue weighted by atomic mass is 35.5. The van der Waals surface area contributed by atoms with Gasteiger partial charge in [-0.15, -0.1) is 18.3 Å². The van der Waals surface area contributed by atoms with E-state index in [4.69, 9.17) is 16.3 Å². The van der Waals surface area contributed by atoms with E-state index in [1.54, 1.807) is 18.7 Å². The van der Waals surface area contributed by atoms with Crippen LogP contribution in [0.5, 0.6) is 0 Å². The number of esters is 1. The van der Waals surface area contributed by atoms with Gasteiger partial charge in [-0.2, -0.15) is 0 Å². The van der Waals surface area contributed by atoms with Crippen molar-refractivity contribution in [1.82, 2.24) is 0 Å². The fourth-order valence-electron chi connectivity index (χ4n) is 2.33. The van der Waals surface area contributed by atoms with E-state index in [1.807, 2.05) is 37.3 Å². The number of carbonyl (C=O) groups is 1. The van der Waals surface area contributed by atoms with E-state index in [1.165, 1.54) is 0 Å². The van der Waals surface area contributed by atoms with Gasteiger partial charge >= 0.3 is 5.97 Å². The first-order chi connectivity index (χ1) is 10.4. The Bertz CT molecular complexity index is 612. The van der Waals surface area contributed by atoms with Gasteiger partial charge < -0.3 is 9.64 Å². The van der Waals surface area contributed by atoms with Crippen LogP contribution in [0.3, 0.4) is 0 Å². The van der Waals surface area contributed by atoms with Crippen LogP contribution in [0.1, 0.15) is 20.8 Å². The highest BCUT2D eigenvalue weighted by Crippen LogP contribution is 2.45. The minimum atomic E-state index is -0.280. The van der Waals surface area contributed by atoms with E-state index in [0.29, 0.717) is 17.2 Å². The summed E-state index contributed by atoms with van der Waals surface area (Å²) in [5, 5.41) is 1.59. The summed E-state index contributed by atoms with van der Waals surface area (Å²) in [6.07, 6.45) is 1.92. The lowest BCUT2D eigenvalue weighted by molar-refractivity contribution is -0.138. The standard InChI is InChI=1S/C17H20ClNO2S/c1-5-17(4)11-22-15(12(3)16(20)21-6-2)19(17)14-9-7-13(18)8-10-14/h5,7-10H,1,6,11H2,2-4H3/b15-12-. The lowest BCUT2D eigenvalue weighted by atomic mass is 10.0. The molecule has 118 valence electrons. The number of hydrogen-bond acceptors (Lipinski definition) is 4. The van der Waals surface area contributed by atoms with Crippen LogP contribution in [0, 0.1) is 0 Å². The van der Waals surface area contributed by atoms with E-state index in [-0.39, 0.29) is 11.5 Å². The second-order valence-electron chi connectivity index (χ2n) is 5.31. The number of halogens is 1. The van der Waals surface area contributed by atoms with Crippen LogP contribution in [-0.4, -0.2) is 23.9 Å². The first kappa shape index (κ1) is 17.0. The third kappa shape index (κ3) is 3.18. The summed E-state index contributed by atoms with van der Waals surface area (Å²) in [6, 6.07) is 7.60. The van der Waals surface area contributed by atoms with E-state index in [9.17, 15) is 4.79 Å². The molecule has 5 heteroatoms. The molecule has 0 radical (unpaired) electrons. The number of carbonyl (C=O) groups excluding carboxylic acids is 1. The Hall–Kier alpha value is -1.39. The SMILES string of the molecule is C=CC1(C)CS/C(=C(/C)C(=O)OCC)N1c1ccc(Cl)cc1. The maximum atomic E-state index is 12.1. The van der Waals surface area contributed by atoms with Gasteiger partial charge in [-0.1, -0.05) is 17.7 Å². The normalized spacial score (nSPS) is 23.4. The monoisotopic (exact) mass is 337 g/mol. The van der Waals surface area contributed by atoms with Crippen molar-refractivity contribution in [1.29, 1.82) is 0 Å². The summed E-state index contributed by atoms with van der Waals surface area (Å²) in [6.45, 7) is 10.0. The highest BCUT2D eigenvalue weighted by molar-refractivity contribution is 8.03. The van der Waals surface area contributed by atoms with Crippen LogP contribution in [-0.2, 0) is 9.53 Å². The number of hydrogen-bond donors (Lipinski definition) is 0. The number of anilines is 1. The number of ether oxygens (including phenoxy) is 1. The van der Waals surface area contributed by atoms with E-state index >= 15 is 0 Å². The van der Waals surface area contributed by atoms with Crippen molar-refractivity contribution in [3.8, 4) is 0 Å². The van der Waals surface area contributed by atoms with Gasteiger partial charge in [-0.3, -0.25) is 0 Å². The Morgan fingerprint density at radius 3 is 2.68 bits per heavy atom. The summed E-state index contributed by atoms with van der Waals surface area (Å²) in [4.78, 5) is 14.2. The smallest absolute Gasteiger partial charge is 0.336 e. The van der Waals surface area contributed by atoms with Crippen LogP contribution in [0.4, 0.5) is 5.69 Å². The minimum Gasteiger partial charge on any atom is -0.463 e. The number of nitrogens with zero attached hydrogens (tertiary/aromatic N) is 1. The molecule has 1 aliphatic heterocycles. The molecule has 22 heavy (non-hydrogen) atoms. The second kappa shape index (κ2) is 6.80. The Morgan fingerprint density at radius 2 is 2.14 bits per heavy atom. The van der Waals surface area contributed by atoms with Gasteiger partial charge in [-0.25, -0.2) is 4.79 Å². The fourth-order valence-corrected chi connectivity index (χ4v) is 3.88. The van der Waals surface area contributed by atoms with Gasteiger partial charge in [0, 0.05) is 16.5 Å². The molecule has 0 aromatic heterocycles. The van der Waals surface area contributed by atoms with Crippen LogP contribution in [0.15, 0.2) is 47.5 Å². The molecular weight excluding hydrogens is 318 g/mol. The molecule has 1 heterocycles. The van der Waals surface area contributed by atoms with Crippen molar-refractivity contribution in [3.05, 3.63) is 52.5 Å². The lowest BCUT2D eigenvalue weighted by Crippen LogP contribution is -2.41. The maximum Gasteiger partial charge on any atom is 0.336 e. The molecule has 1 saturated heterocycles. The fraction of sp³-hybridized carbons (Fsp3) is 0.353. The third-order valence-corrected chi connectivity index (χ3v) is 5.38. The van der Waals surface area contributed by atoms with E-state index < -0.39 is 0 Å². The molecule has 1 atom stereocenters. The van der Waals surface area contributed by atoms with Crippen molar-refractivity contribution in [3.63, 3.8) is 0 Å². The Kier molecular flexibility index (Phi) is 5.24. The quantitative estimate of drug-likeness (QED) is 0.455. The second-order valence-corrected chi connectivity index (χ2v) is 6.71. The van der Waals surface area contributed by atoms with Gasteiger partial charge in [0.2, 0.25) is 0 Å². The molecule has 2 rings (SSSR count).